The van der Waals surface area contributed by atoms with Gasteiger partial charge in [0.25, 0.3) is 0 Å². The van der Waals surface area contributed by atoms with Crippen molar-refractivity contribution in [2.24, 2.45) is 5.92 Å². The van der Waals surface area contributed by atoms with Gasteiger partial charge in [-0.05, 0) is 30.9 Å². The highest BCUT2D eigenvalue weighted by molar-refractivity contribution is 5.85. The van der Waals surface area contributed by atoms with Crippen LogP contribution in [0.15, 0.2) is 24.3 Å². The minimum atomic E-state index is -0.402. The van der Waals surface area contributed by atoms with E-state index >= 15 is 0 Å². The first-order valence-electron chi connectivity index (χ1n) is 8.24. The molecule has 1 amide bonds. The number of halogens is 2. The van der Waals surface area contributed by atoms with Crippen LogP contribution in [0.25, 0.3) is 0 Å². The fourth-order valence-corrected chi connectivity index (χ4v) is 3.33. The Kier molecular flexibility index (Phi) is 8.79. The summed E-state index contributed by atoms with van der Waals surface area (Å²) in [7, 11) is 1.68. The quantitative estimate of drug-likeness (QED) is 0.703. The molecule has 2 fully saturated rings. The normalized spacial score (nSPS) is 25.0. The van der Waals surface area contributed by atoms with Crippen LogP contribution in [0.3, 0.4) is 0 Å². The maximum atomic E-state index is 12.1. The number of amides is 1. The molecule has 6 nitrogen and oxygen atoms in total. The van der Waals surface area contributed by atoms with Crippen LogP contribution in [0.5, 0.6) is 5.75 Å². The lowest BCUT2D eigenvalue weighted by atomic mass is 10.1. The van der Waals surface area contributed by atoms with Crippen molar-refractivity contribution in [3.8, 4) is 5.75 Å². The van der Waals surface area contributed by atoms with Crippen LogP contribution < -0.4 is 20.3 Å². The Hall–Kier alpha value is -1.21. The third-order valence-electron chi connectivity index (χ3n) is 4.69. The molecule has 0 saturated carbocycles. The van der Waals surface area contributed by atoms with Crippen molar-refractivity contribution in [1.82, 2.24) is 10.6 Å². The number of ether oxygens (including phenoxy) is 1. The smallest absolute Gasteiger partial charge is 0.237 e. The second-order valence-electron chi connectivity index (χ2n) is 6.40. The van der Waals surface area contributed by atoms with Gasteiger partial charge < -0.3 is 25.4 Å². The van der Waals surface area contributed by atoms with Crippen LogP contribution in [0.1, 0.15) is 12.8 Å². The van der Waals surface area contributed by atoms with E-state index < -0.39 is 6.10 Å². The minimum Gasteiger partial charge on any atom is -0.497 e. The first-order chi connectivity index (χ1) is 11.2. The molecule has 1 aromatic carbocycles. The number of rotatable bonds is 5. The molecule has 3 unspecified atom stereocenters. The van der Waals surface area contributed by atoms with Gasteiger partial charge in [0.1, 0.15) is 5.75 Å². The Balaban J connectivity index is 0.00000156. The topological polar surface area (TPSA) is 73.8 Å². The number of benzene rings is 1. The molecule has 0 aliphatic carbocycles. The SMILES string of the molecule is COc1cccc(N2CCC(CNC(=O)C3CC(O)CN3)C2)c1.Cl.Cl. The van der Waals surface area contributed by atoms with Crippen molar-refractivity contribution in [2.45, 2.75) is 25.0 Å². The van der Waals surface area contributed by atoms with Crippen molar-refractivity contribution in [1.29, 1.82) is 0 Å². The summed E-state index contributed by atoms with van der Waals surface area (Å²) >= 11 is 0. The molecule has 2 aliphatic rings. The van der Waals surface area contributed by atoms with E-state index in [9.17, 15) is 9.90 Å². The number of anilines is 1. The lowest BCUT2D eigenvalue weighted by molar-refractivity contribution is -0.123. The monoisotopic (exact) mass is 391 g/mol. The number of nitrogens with one attached hydrogen (secondary N) is 2. The van der Waals surface area contributed by atoms with Crippen molar-refractivity contribution in [3.63, 3.8) is 0 Å². The highest BCUT2D eigenvalue weighted by atomic mass is 35.5. The molecule has 142 valence electrons. The van der Waals surface area contributed by atoms with E-state index in [2.05, 4.69) is 21.6 Å². The zero-order valence-electron chi connectivity index (χ0n) is 14.3. The van der Waals surface area contributed by atoms with Crippen LogP contribution in [0.4, 0.5) is 5.69 Å². The van der Waals surface area contributed by atoms with E-state index in [4.69, 9.17) is 4.74 Å². The Bertz CT molecular complexity index is 562. The van der Waals surface area contributed by atoms with E-state index in [0.717, 1.165) is 25.3 Å². The van der Waals surface area contributed by atoms with Crippen LogP contribution in [-0.2, 0) is 4.79 Å². The number of carbonyl (C=O) groups excluding carboxylic acids is 1. The lowest BCUT2D eigenvalue weighted by Gasteiger charge is -2.20. The first kappa shape index (κ1) is 21.8. The van der Waals surface area contributed by atoms with E-state index in [1.807, 2.05) is 18.2 Å². The summed E-state index contributed by atoms with van der Waals surface area (Å²) in [5.74, 6) is 1.32. The average molecular weight is 392 g/mol. The van der Waals surface area contributed by atoms with Crippen molar-refractivity contribution >= 4 is 36.4 Å². The predicted octanol–water partition coefficient (Wildman–Crippen LogP) is 1.20. The number of aliphatic hydroxyl groups is 1. The minimum absolute atomic E-state index is 0. The summed E-state index contributed by atoms with van der Waals surface area (Å²) in [5.41, 5.74) is 1.17. The number of methoxy groups -OCH3 is 1. The standard InChI is InChI=1S/C17H25N3O3.2ClH/c1-23-15-4-2-3-13(7-15)20-6-5-12(11-20)9-19-17(22)16-8-14(21)10-18-16;;/h2-4,7,12,14,16,18,21H,5-6,8-11H2,1H3,(H,19,22);2*1H. The number of hydrogen-bond donors (Lipinski definition) is 3. The molecule has 3 atom stereocenters. The van der Waals surface area contributed by atoms with Gasteiger partial charge in [-0.15, -0.1) is 24.8 Å². The molecule has 1 aromatic rings. The molecular formula is C17H27Cl2N3O3. The zero-order chi connectivity index (χ0) is 16.2. The van der Waals surface area contributed by atoms with Gasteiger partial charge in [0.2, 0.25) is 5.91 Å². The van der Waals surface area contributed by atoms with E-state index in [1.165, 1.54) is 5.69 Å². The van der Waals surface area contributed by atoms with Crippen molar-refractivity contribution in [3.05, 3.63) is 24.3 Å². The van der Waals surface area contributed by atoms with Crippen LogP contribution in [0, 0.1) is 5.92 Å². The number of nitrogens with zero attached hydrogens (tertiary/aromatic N) is 1. The second-order valence-corrected chi connectivity index (χ2v) is 6.40. The van der Waals surface area contributed by atoms with Gasteiger partial charge >= 0.3 is 0 Å². The Morgan fingerprint density at radius 2 is 2.24 bits per heavy atom. The number of carbonyl (C=O) groups is 1. The summed E-state index contributed by atoms with van der Waals surface area (Å²) in [4.78, 5) is 14.4. The molecule has 25 heavy (non-hydrogen) atoms. The van der Waals surface area contributed by atoms with Crippen LogP contribution in [-0.4, -0.2) is 56.4 Å². The molecule has 0 aromatic heterocycles. The molecule has 2 aliphatic heterocycles. The fraction of sp³-hybridized carbons (Fsp3) is 0.588. The van der Waals surface area contributed by atoms with Gasteiger partial charge in [0.15, 0.2) is 0 Å². The fourth-order valence-electron chi connectivity index (χ4n) is 3.33. The molecule has 3 N–H and O–H groups in total. The van der Waals surface area contributed by atoms with Gasteiger partial charge in [0.05, 0.1) is 19.3 Å². The van der Waals surface area contributed by atoms with Gasteiger partial charge in [-0.1, -0.05) is 6.07 Å². The first-order valence-corrected chi connectivity index (χ1v) is 8.24. The van der Waals surface area contributed by atoms with Crippen molar-refractivity contribution in [2.75, 3.05) is 38.2 Å². The van der Waals surface area contributed by atoms with Gasteiger partial charge in [-0.2, -0.15) is 0 Å². The predicted molar refractivity (Wildman–Crippen MR) is 103 cm³/mol. The molecule has 8 heteroatoms. The summed E-state index contributed by atoms with van der Waals surface area (Å²) in [6.45, 7) is 3.13. The van der Waals surface area contributed by atoms with E-state index in [0.29, 0.717) is 25.4 Å². The highest BCUT2D eigenvalue weighted by Crippen LogP contribution is 2.26. The molecule has 0 radical (unpaired) electrons. The molecule has 2 heterocycles. The maximum absolute atomic E-state index is 12.1. The van der Waals surface area contributed by atoms with Gasteiger partial charge in [0, 0.05) is 37.9 Å². The summed E-state index contributed by atoms with van der Waals surface area (Å²) in [6.07, 6.45) is 1.17. The summed E-state index contributed by atoms with van der Waals surface area (Å²) in [5, 5.41) is 15.5. The van der Waals surface area contributed by atoms with Gasteiger partial charge in [-0.3, -0.25) is 4.79 Å². The second kappa shape index (κ2) is 10.1. The number of aliphatic hydroxyl groups excluding tert-OH is 1. The van der Waals surface area contributed by atoms with Crippen LogP contribution >= 0.6 is 24.8 Å². The summed E-state index contributed by atoms with van der Waals surface area (Å²) < 4.78 is 5.27. The molecular weight excluding hydrogens is 365 g/mol. The molecule has 0 bridgehead atoms. The summed E-state index contributed by atoms with van der Waals surface area (Å²) in [6, 6.07) is 7.83. The molecule has 0 spiro atoms. The lowest BCUT2D eigenvalue weighted by Crippen LogP contribution is -2.42. The Labute approximate surface area is 161 Å². The highest BCUT2D eigenvalue weighted by Gasteiger charge is 2.29. The van der Waals surface area contributed by atoms with Crippen LogP contribution in [0.2, 0.25) is 0 Å². The Morgan fingerprint density at radius 1 is 1.44 bits per heavy atom. The van der Waals surface area contributed by atoms with E-state index in [1.54, 1.807) is 7.11 Å². The largest absolute Gasteiger partial charge is 0.497 e. The number of hydrogen-bond acceptors (Lipinski definition) is 5. The molecule has 2 saturated heterocycles. The third-order valence-corrected chi connectivity index (χ3v) is 4.69. The zero-order valence-corrected chi connectivity index (χ0v) is 15.9. The van der Waals surface area contributed by atoms with E-state index in [-0.39, 0.29) is 36.8 Å². The maximum Gasteiger partial charge on any atom is 0.237 e. The third kappa shape index (κ3) is 5.64. The number of β-amino-alcohol motifs (C(OH)–C–C–N with tert-alkyl or cyclic N) is 1. The Morgan fingerprint density at radius 3 is 2.92 bits per heavy atom. The average Bonchev–Trinajstić information content (AvgIpc) is 3.22. The van der Waals surface area contributed by atoms with Gasteiger partial charge in [-0.25, -0.2) is 0 Å². The van der Waals surface area contributed by atoms with Crippen molar-refractivity contribution < 1.29 is 14.6 Å². The molecule has 3 rings (SSSR count).